The first-order chi connectivity index (χ1) is 9.04. The van der Waals surface area contributed by atoms with Crippen LogP contribution in [0.25, 0.3) is 0 Å². The number of rotatable bonds is 4. The molecular formula is C15H15NO2S. The summed E-state index contributed by atoms with van der Waals surface area (Å²) in [5, 5.41) is 9.92. The lowest BCUT2D eigenvalue weighted by Gasteiger charge is -2.05. The van der Waals surface area contributed by atoms with Gasteiger partial charge in [-0.1, -0.05) is 12.1 Å². The molecule has 98 valence electrons. The van der Waals surface area contributed by atoms with Crippen molar-refractivity contribution in [2.75, 3.05) is 0 Å². The van der Waals surface area contributed by atoms with Gasteiger partial charge in [-0.15, -0.1) is 11.8 Å². The number of hydrogen-bond acceptors (Lipinski definition) is 3. The van der Waals surface area contributed by atoms with Crippen LogP contribution in [0.2, 0.25) is 0 Å². The molecule has 0 amide bonds. The molecule has 1 N–H and O–H groups in total. The van der Waals surface area contributed by atoms with Gasteiger partial charge in [-0.05, 0) is 49.2 Å². The number of carboxylic acid groups (broad SMARTS) is 1. The van der Waals surface area contributed by atoms with Crippen LogP contribution in [0.15, 0.2) is 41.4 Å². The van der Waals surface area contributed by atoms with Gasteiger partial charge < -0.3 is 5.11 Å². The van der Waals surface area contributed by atoms with Crippen molar-refractivity contribution in [2.45, 2.75) is 24.6 Å². The third-order valence-electron chi connectivity index (χ3n) is 2.63. The van der Waals surface area contributed by atoms with Crippen molar-refractivity contribution < 1.29 is 9.90 Å². The Hall–Kier alpha value is -1.81. The Morgan fingerprint density at radius 2 is 2.05 bits per heavy atom. The summed E-state index contributed by atoms with van der Waals surface area (Å²) in [5.74, 6) is -0.173. The largest absolute Gasteiger partial charge is 0.478 e. The van der Waals surface area contributed by atoms with Crippen molar-refractivity contribution >= 4 is 17.7 Å². The van der Waals surface area contributed by atoms with Gasteiger partial charge in [0.05, 0.1) is 10.6 Å². The molecule has 1 aromatic carbocycles. The Morgan fingerprint density at radius 3 is 2.74 bits per heavy atom. The van der Waals surface area contributed by atoms with Crippen LogP contribution in [0.1, 0.15) is 27.2 Å². The second kappa shape index (κ2) is 5.89. The highest BCUT2D eigenvalue weighted by Gasteiger charge is 2.04. The van der Waals surface area contributed by atoms with Gasteiger partial charge in [-0.3, -0.25) is 0 Å². The van der Waals surface area contributed by atoms with E-state index in [1.807, 2.05) is 32.0 Å². The average molecular weight is 273 g/mol. The molecule has 2 rings (SSSR count). The first-order valence-electron chi connectivity index (χ1n) is 5.95. The summed E-state index contributed by atoms with van der Waals surface area (Å²) in [6, 6.07) is 11.1. The number of aromatic nitrogens is 1. The second-order valence-electron chi connectivity index (χ2n) is 4.42. The zero-order valence-corrected chi connectivity index (χ0v) is 11.7. The fourth-order valence-corrected chi connectivity index (χ4v) is 2.80. The van der Waals surface area contributed by atoms with E-state index in [4.69, 9.17) is 5.11 Å². The molecule has 0 bridgehead atoms. The number of thioether (sulfide) groups is 1. The summed E-state index contributed by atoms with van der Waals surface area (Å²) in [7, 11) is 0. The third kappa shape index (κ3) is 3.83. The van der Waals surface area contributed by atoms with Gasteiger partial charge in [-0.2, -0.15) is 0 Å². The van der Waals surface area contributed by atoms with Crippen LogP contribution in [-0.2, 0) is 5.75 Å². The molecule has 2 aromatic rings. The normalized spacial score (nSPS) is 10.4. The fraction of sp³-hybridized carbons (Fsp3) is 0.200. The Balaban J connectivity index is 2.10. The maximum absolute atomic E-state index is 10.9. The molecule has 0 aliphatic carbocycles. The lowest BCUT2D eigenvalue weighted by molar-refractivity contribution is 0.0697. The van der Waals surface area contributed by atoms with E-state index in [0.717, 1.165) is 22.0 Å². The molecule has 0 saturated carbocycles. The summed E-state index contributed by atoms with van der Waals surface area (Å²) in [6.07, 6.45) is 0. The number of nitrogens with zero attached hydrogens (tertiary/aromatic N) is 1. The summed E-state index contributed by atoms with van der Waals surface area (Å²) in [4.78, 5) is 15.4. The number of aryl methyl sites for hydroxylation is 2. The smallest absolute Gasteiger partial charge is 0.335 e. The SMILES string of the molecule is Cc1cc(C)nc(SCc2cccc(C(=O)O)c2)c1. The van der Waals surface area contributed by atoms with Crippen molar-refractivity contribution in [1.82, 2.24) is 4.98 Å². The highest BCUT2D eigenvalue weighted by atomic mass is 32.2. The van der Waals surface area contributed by atoms with E-state index in [9.17, 15) is 4.79 Å². The Morgan fingerprint density at radius 1 is 1.26 bits per heavy atom. The molecule has 0 saturated heterocycles. The van der Waals surface area contributed by atoms with Crippen LogP contribution in [-0.4, -0.2) is 16.1 Å². The predicted octanol–water partition coefficient (Wildman–Crippen LogP) is 3.69. The van der Waals surface area contributed by atoms with E-state index in [1.165, 1.54) is 5.56 Å². The number of aromatic carboxylic acids is 1. The van der Waals surface area contributed by atoms with E-state index in [0.29, 0.717) is 5.56 Å². The molecule has 19 heavy (non-hydrogen) atoms. The lowest BCUT2D eigenvalue weighted by atomic mass is 10.1. The number of pyridine rings is 1. The van der Waals surface area contributed by atoms with E-state index in [1.54, 1.807) is 30.0 Å². The van der Waals surface area contributed by atoms with Crippen LogP contribution in [0.3, 0.4) is 0 Å². The predicted molar refractivity (Wildman–Crippen MR) is 76.7 cm³/mol. The Labute approximate surface area is 116 Å². The molecule has 4 heteroatoms. The van der Waals surface area contributed by atoms with Gasteiger partial charge in [0.1, 0.15) is 0 Å². The molecule has 0 aliphatic rings. The van der Waals surface area contributed by atoms with Crippen LogP contribution >= 0.6 is 11.8 Å². The fourth-order valence-electron chi connectivity index (χ4n) is 1.83. The van der Waals surface area contributed by atoms with Gasteiger partial charge in [0, 0.05) is 11.4 Å². The quantitative estimate of drug-likeness (QED) is 0.863. The zero-order chi connectivity index (χ0) is 13.8. The standard InChI is InChI=1S/C15H15NO2S/c1-10-6-11(2)16-14(7-10)19-9-12-4-3-5-13(8-12)15(17)18/h3-8H,9H2,1-2H3,(H,17,18). The molecule has 0 aliphatic heterocycles. The molecule has 0 unspecified atom stereocenters. The molecule has 1 heterocycles. The summed E-state index contributed by atoms with van der Waals surface area (Å²) in [6.45, 7) is 4.02. The Kier molecular flexibility index (Phi) is 4.22. The van der Waals surface area contributed by atoms with Gasteiger partial charge >= 0.3 is 5.97 Å². The number of carbonyl (C=O) groups is 1. The van der Waals surface area contributed by atoms with Gasteiger partial charge in [0.2, 0.25) is 0 Å². The van der Waals surface area contributed by atoms with Crippen LogP contribution < -0.4 is 0 Å². The van der Waals surface area contributed by atoms with Crippen molar-refractivity contribution in [3.8, 4) is 0 Å². The third-order valence-corrected chi connectivity index (χ3v) is 3.62. The molecular weight excluding hydrogens is 258 g/mol. The van der Waals surface area contributed by atoms with Crippen molar-refractivity contribution in [3.05, 3.63) is 58.8 Å². The van der Waals surface area contributed by atoms with Gasteiger partial charge in [0.15, 0.2) is 0 Å². The molecule has 1 aromatic heterocycles. The van der Waals surface area contributed by atoms with E-state index in [-0.39, 0.29) is 0 Å². The minimum absolute atomic E-state index is 0.325. The molecule has 0 spiro atoms. The second-order valence-corrected chi connectivity index (χ2v) is 5.41. The molecule has 3 nitrogen and oxygen atoms in total. The van der Waals surface area contributed by atoms with E-state index in [2.05, 4.69) is 4.98 Å². The monoisotopic (exact) mass is 273 g/mol. The minimum atomic E-state index is -0.892. The van der Waals surface area contributed by atoms with Gasteiger partial charge in [-0.25, -0.2) is 9.78 Å². The number of carboxylic acids is 1. The summed E-state index contributed by atoms with van der Waals surface area (Å²) >= 11 is 1.62. The first-order valence-corrected chi connectivity index (χ1v) is 6.93. The van der Waals surface area contributed by atoms with Crippen LogP contribution in [0, 0.1) is 13.8 Å². The van der Waals surface area contributed by atoms with Crippen molar-refractivity contribution in [1.29, 1.82) is 0 Å². The highest BCUT2D eigenvalue weighted by molar-refractivity contribution is 7.98. The summed E-state index contributed by atoms with van der Waals surface area (Å²) in [5.41, 5.74) is 3.51. The maximum atomic E-state index is 10.9. The minimum Gasteiger partial charge on any atom is -0.478 e. The van der Waals surface area contributed by atoms with Gasteiger partial charge in [0.25, 0.3) is 0 Å². The first kappa shape index (κ1) is 13.6. The topological polar surface area (TPSA) is 50.2 Å². The number of hydrogen-bond donors (Lipinski definition) is 1. The Bertz CT molecular complexity index is 591. The van der Waals surface area contributed by atoms with E-state index >= 15 is 0 Å². The lowest BCUT2D eigenvalue weighted by Crippen LogP contribution is -1.96. The summed E-state index contributed by atoms with van der Waals surface area (Å²) < 4.78 is 0. The zero-order valence-electron chi connectivity index (χ0n) is 10.9. The van der Waals surface area contributed by atoms with Crippen molar-refractivity contribution in [3.63, 3.8) is 0 Å². The maximum Gasteiger partial charge on any atom is 0.335 e. The molecule has 0 fully saturated rings. The van der Waals surface area contributed by atoms with E-state index < -0.39 is 5.97 Å². The highest BCUT2D eigenvalue weighted by Crippen LogP contribution is 2.22. The molecule has 0 atom stereocenters. The van der Waals surface area contributed by atoms with Crippen molar-refractivity contribution in [2.24, 2.45) is 0 Å². The van der Waals surface area contributed by atoms with Crippen LogP contribution in [0.4, 0.5) is 0 Å². The van der Waals surface area contributed by atoms with Crippen LogP contribution in [0.5, 0.6) is 0 Å². The molecule has 0 radical (unpaired) electrons. The number of benzene rings is 1. The average Bonchev–Trinajstić information content (AvgIpc) is 2.35.